The molecule has 2 rings (SSSR count). The first-order valence-electron chi connectivity index (χ1n) is 6.56. The van der Waals surface area contributed by atoms with Gasteiger partial charge in [-0.25, -0.2) is 4.39 Å². The van der Waals surface area contributed by atoms with Crippen LogP contribution in [-0.2, 0) is 5.41 Å². The maximum Gasteiger partial charge on any atom is 0.129 e. The summed E-state index contributed by atoms with van der Waals surface area (Å²) >= 11 is 5.19. The maximum absolute atomic E-state index is 14.1. The smallest absolute Gasteiger partial charge is 0.129 e. The molecule has 1 nitrogen and oxygen atoms in total. The molecule has 1 heterocycles. The number of hydrogen-bond acceptors (Lipinski definition) is 2. The van der Waals surface area contributed by atoms with Gasteiger partial charge in [0.1, 0.15) is 5.82 Å². The molecule has 0 fully saturated rings. The van der Waals surface area contributed by atoms with Gasteiger partial charge in [-0.3, -0.25) is 0 Å². The lowest BCUT2D eigenvalue weighted by atomic mass is 9.95. The predicted octanol–water partition coefficient (Wildman–Crippen LogP) is 5.26. The molecule has 4 heteroatoms. The molecule has 0 saturated carbocycles. The zero-order valence-electron chi connectivity index (χ0n) is 12.1. The van der Waals surface area contributed by atoms with E-state index in [4.69, 9.17) is 0 Å². The standard InChI is InChI=1S/C16H19BrFNS/c1-16(2,3)13-9-8-12(20-13)15(19-4)14-10(17)6-5-7-11(14)18/h5-9,15,19H,1-4H3. The highest BCUT2D eigenvalue weighted by atomic mass is 79.9. The summed E-state index contributed by atoms with van der Waals surface area (Å²) in [6, 6.07) is 9.19. The molecular weight excluding hydrogens is 337 g/mol. The van der Waals surface area contributed by atoms with Crippen LogP contribution in [0.3, 0.4) is 0 Å². The van der Waals surface area contributed by atoms with Crippen LogP contribution in [0.5, 0.6) is 0 Å². The molecule has 2 aromatic rings. The molecule has 0 aliphatic heterocycles. The summed E-state index contributed by atoms with van der Waals surface area (Å²) < 4.78 is 14.9. The highest BCUT2D eigenvalue weighted by Crippen LogP contribution is 2.37. The first kappa shape index (κ1) is 15.7. The van der Waals surface area contributed by atoms with Gasteiger partial charge < -0.3 is 5.32 Å². The van der Waals surface area contributed by atoms with E-state index in [9.17, 15) is 4.39 Å². The monoisotopic (exact) mass is 355 g/mol. The lowest BCUT2D eigenvalue weighted by molar-refractivity contribution is 0.577. The van der Waals surface area contributed by atoms with Gasteiger partial charge in [0.25, 0.3) is 0 Å². The molecular formula is C16H19BrFNS. The van der Waals surface area contributed by atoms with Crippen LogP contribution in [0.2, 0.25) is 0 Å². The van der Waals surface area contributed by atoms with Crippen LogP contribution >= 0.6 is 27.3 Å². The molecule has 1 aromatic heterocycles. The minimum absolute atomic E-state index is 0.119. The van der Waals surface area contributed by atoms with Gasteiger partial charge in [-0.1, -0.05) is 42.8 Å². The van der Waals surface area contributed by atoms with Gasteiger partial charge >= 0.3 is 0 Å². The van der Waals surface area contributed by atoms with E-state index in [1.54, 1.807) is 17.4 Å². The van der Waals surface area contributed by atoms with Crippen LogP contribution in [0.1, 0.15) is 42.1 Å². The Labute approximate surface area is 132 Å². The van der Waals surface area contributed by atoms with Gasteiger partial charge in [-0.15, -0.1) is 11.3 Å². The van der Waals surface area contributed by atoms with Gasteiger partial charge in [0, 0.05) is 19.8 Å². The van der Waals surface area contributed by atoms with Crippen molar-refractivity contribution in [2.45, 2.75) is 32.2 Å². The Morgan fingerprint density at radius 2 is 1.90 bits per heavy atom. The van der Waals surface area contributed by atoms with Gasteiger partial charge in [0.15, 0.2) is 0 Å². The molecule has 0 aliphatic carbocycles. The summed E-state index contributed by atoms with van der Waals surface area (Å²) in [5, 5.41) is 3.22. The summed E-state index contributed by atoms with van der Waals surface area (Å²) in [6.45, 7) is 6.57. The number of hydrogen-bond donors (Lipinski definition) is 1. The molecule has 1 atom stereocenters. The van der Waals surface area contributed by atoms with Crippen LogP contribution < -0.4 is 5.32 Å². The SMILES string of the molecule is CNC(c1ccc(C(C)(C)C)s1)c1c(F)cccc1Br. The Morgan fingerprint density at radius 1 is 1.20 bits per heavy atom. The summed E-state index contributed by atoms with van der Waals surface area (Å²) in [5.74, 6) is -0.190. The number of benzene rings is 1. The van der Waals surface area contributed by atoms with E-state index >= 15 is 0 Å². The summed E-state index contributed by atoms with van der Waals surface area (Å²) in [7, 11) is 1.86. The van der Waals surface area contributed by atoms with E-state index < -0.39 is 0 Å². The summed E-state index contributed by atoms with van der Waals surface area (Å²) in [4.78, 5) is 2.43. The van der Waals surface area contributed by atoms with E-state index in [-0.39, 0.29) is 17.3 Å². The third kappa shape index (κ3) is 3.13. The van der Waals surface area contributed by atoms with Gasteiger partial charge in [0.05, 0.1) is 6.04 Å². The average molecular weight is 356 g/mol. The molecule has 1 aromatic carbocycles. The third-order valence-corrected chi connectivity index (χ3v) is 5.49. The molecule has 1 unspecified atom stereocenters. The molecule has 0 bridgehead atoms. The van der Waals surface area contributed by atoms with Crippen LogP contribution in [0, 0.1) is 5.82 Å². The second kappa shape index (κ2) is 5.96. The number of halogens is 2. The highest BCUT2D eigenvalue weighted by molar-refractivity contribution is 9.10. The first-order valence-corrected chi connectivity index (χ1v) is 8.17. The molecule has 0 radical (unpaired) electrons. The van der Waals surface area contributed by atoms with Crippen molar-refractivity contribution in [1.29, 1.82) is 0 Å². The van der Waals surface area contributed by atoms with E-state index in [2.05, 4.69) is 54.2 Å². The van der Waals surface area contributed by atoms with Crippen molar-refractivity contribution in [1.82, 2.24) is 5.32 Å². The molecule has 0 amide bonds. The molecule has 0 saturated heterocycles. The minimum Gasteiger partial charge on any atom is -0.309 e. The molecule has 20 heavy (non-hydrogen) atoms. The summed E-state index contributed by atoms with van der Waals surface area (Å²) in [6.07, 6.45) is 0. The Morgan fingerprint density at radius 3 is 2.40 bits per heavy atom. The molecule has 0 aliphatic rings. The van der Waals surface area contributed by atoms with Crippen LogP contribution in [0.4, 0.5) is 4.39 Å². The highest BCUT2D eigenvalue weighted by Gasteiger charge is 2.23. The topological polar surface area (TPSA) is 12.0 Å². The van der Waals surface area contributed by atoms with Crippen molar-refractivity contribution in [2.24, 2.45) is 0 Å². The zero-order chi connectivity index (χ0) is 14.9. The average Bonchev–Trinajstić information content (AvgIpc) is 2.83. The van der Waals surface area contributed by atoms with Gasteiger partial charge in [-0.05, 0) is 36.7 Å². The Kier molecular flexibility index (Phi) is 4.67. The van der Waals surface area contributed by atoms with Crippen molar-refractivity contribution in [3.05, 3.63) is 55.9 Å². The van der Waals surface area contributed by atoms with Crippen LogP contribution in [0.25, 0.3) is 0 Å². The number of rotatable bonds is 3. The largest absolute Gasteiger partial charge is 0.309 e. The minimum atomic E-state index is -0.190. The Bertz CT molecular complexity index is 581. The second-order valence-electron chi connectivity index (χ2n) is 5.81. The lowest BCUT2D eigenvalue weighted by Crippen LogP contribution is -2.18. The van der Waals surface area contributed by atoms with Crippen LogP contribution in [0.15, 0.2) is 34.8 Å². The summed E-state index contributed by atoms with van der Waals surface area (Å²) in [5.41, 5.74) is 0.783. The number of thiophene rings is 1. The fourth-order valence-corrected chi connectivity index (χ4v) is 3.88. The maximum atomic E-state index is 14.1. The molecule has 1 N–H and O–H groups in total. The van der Waals surface area contributed by atoms with Gasteiger partial charge in [0.2, 0.25) is 0 Å². The predicted molar refractivity (Wildman–Crippen MR) is 88.0 cm³/mol. The van der Waals surface area contributed by atoms with Crippen molar-refractivity contribution in [3.63, 3.8) is 0 Å². The quantitative estimate of drug-likeness (QED) is 0.791. The first-order chi connectivity index (χ1) is 9.34. The number of nitrogens with one attached hydrogen (secondary N) is 1. The van der Waals surface area contributed by atoms with Crippen molar-refractivity contribution < 1.29 is 4.39 Å². The Balaban J connectivity index is 2.45. The van der Waals surface area contributed by atoms with E-state index in [0.717, 1.165) is 9.35 Å². The van der Waals surface area contributed by atoms with Crippen molar-refractivity contribution >= 4 is 27.3 Å². The molecule has 0 spiro atoms. The van der Waals surface area contributed by atoms with Gasteiger partial charge in [-0.2, -0.15) is 0 Å². The Hall–Kier alpha value is -0.710. The normalized spacial score (nSPS) is 13.5. The van der Waals surface area contributed by atoms with Crippen molar-refractivity contribution in [3.8, 4) is 0 Å². The van der Waals surface area contributed by atoms with Crippen molar-refractivity contribution in [2.75, 3.05) is 7.05 Å². The van der Waals surface area contributed by atoms with Crippen LogP contribution in [-0.4, -0.2) is 7.05 Å². The zero-order valence-corrected chi connectivity index (χ0v) is 14.5. The molecule has 108 valence electrons. The third-order valence-electron chi connectivity index (χ3n) is 3.23. The fraction of sp³-hybridized carbons (Fsp3) is 0.375. The van der Waals surface area contributed by atoms with E-state index in [1.807, 2.05) is 13.1 Å². The lowest BCUT2D eigenvalue weighted by Gasteiger charge is -2.19. The fourth-order valence-electron chi connectivity index (χ4n) is 2.13. The second-order valence-corrected chi connectivity index (χ2v) is 7.78. The van der Waals surface area contributed by atoms with E-state index in [1.165, 1.54) is 10.9 Å². The van der Waals surface area contributed by atoms with E-state index in [0.29, 0.717) is 5.56 Å².